The van der Waals surface area contributed by atoms with Crippen LogP contribution in [0, 0.1) is 0 Å². The summed E-state index contributed by atoms with van der Waals surface area (Å²) in [5, 5.41) is 6.19. The standard InChI is InChI=1S/C24H19F3N4O2/c1-33-20-12-6-16(7-13-20)15-2-4-17(5-3-15)21-14-22(24(25,26)27)30-31(21)19-10-8-18(9-11-19)29-23(28)32/h2-14H,1H3,(H3,28,29,32). The first-order valence-electron chi connectivity index (χ1n) is 9.83. The van der Waals surface area contributed by atoms with E-state index in [4.69, 9.17) is 10.5 Å². The van der Waals surface area contributed by atoms with Crippen molar-refractivity contribution in [2.24, 2.45) is 5.73 Å². The zero-order chi connectivity index (χ0) is 23.6. The molecule has 4 aromatic rings. The first-order valence-corrected chi connectivity index (χ1v) is 9.83. The van der Waals surface area contributed by atoms with E-state index >= 15 is 0 Å². The molecule has 1 heterocycles. The minimum atomic E-state index is -4.60. The molecule has 1 aromatic heterocycles. The topological polar surface area (TPSA) is 82.2 Å². The van der Waals surface area contributed by atoms with Gasteiger partial charge in [-0.1, -0.05) is 36.4 Å². The number of nitrogens with one attached hydrogen (secondary N) is 1. The summed E-state index contributed by atoms with van der Waals surface area (Å²) < 4.78 is 46.6. The molecule has 0 bridgehead atoms. The van der Waals surface area contributed by atoms with Gasteiger partial charge in [0, 0.05) is 11.3 Å². The smallest absolute Gasteiger partial charge is 0.435 e. The summed E-state index contributed by atoms with van der Waals surface area (Å²) in [6.07, 6.45) is -4.60. The van der Waals surface area contributed by atoms with Crippen molar-refractivity contribution >= 4 is 11.7 Å². The number of alkyl halides is 3. The molecule has 0 radical (unpaired) electrons. The third kappa shape index (κ3) is 4.82. The number of ether oxygens (including phenoxy) is 1. The highest BCUT2D eigenvalue weighted by atomic mass is 19.4. The van der Waals surface area contributed by atoms with Gasteiger partial charge in [0.25, 0.3) is 0 Å². The zero-order valence-corrected chi connectivity index (χ0v) is 17.4. The van der Waals surface area contributed by atoms with Gasteiger partial charge in [0.2, 0.25) is 0 Å². The van der Waals surface area contributed by atoms with E-state index in [-0.39, 0.29) is 5.69 Å². The molecule has 6 nitrogen and oxygen atoms in total. The predicted octanol–water partition coefficient (Wildman–Crippen LogP) is 5.72. The van der Waals surface area contributed by atoms with Crippen LogP contribution < -0.4 is 15.8 Å². The number of halogens is 3. The molecule has 4 rings (SSSR count). The lowest BCUT2D eigenvalue weighted by molar-refractivity contribution is -0.141. The van der Waals surface area contributed by atoms with Crippen LogP contribution in [0.5, 0.6) is 5.75 Å². The minimum Gasteiger partial charge on any atom is -0.497 e. The van der Waals surface area contributed by atoms with Gasteiger partial charge in [-0.05, 0) is 53.6 Å². The molecule has 0 unspecified atom stereocenters. The van der Waals surface area contributed by atoms with Gasteiger partial charge in [-0.25, -0.2) is 9.48 Å². The number of carbonyl (C=O) groups is 1. The highest BCUT2D eigenvalue weighted by Crippen LogP contribution is 2.34. The Balaban J connectivity index is 1.72. The maximum absolute atomic E-state index is 13.4. The van der Waals surface area contributed by atoms with Crippen molar-refractivity contribution in [3.8, 4) is 33.8 Å². The van der Waals surface area contributed by atoms with Gasteiger partial charge < -0.3 is 15.8 Å². The largest absolute Gasteiger partial charge is 0.497 e. The normalized spacial score (nSPS) is 11.3. The number of amides is 2. The molecule has 3 N–H and O–H groups in total. The Labute approximate surface area is 187 Å². The fourth-order valence-corrected chi connectivity index (χ4v) is 3.37. The van der Waals surface area contributed by atoms with Gasteiger partial charge in [-0.2, -0.15) is 18.3 Å². The third-order valence-corrected chi connectivity index (χ3v) is 4.98. The molecule has 0 saturated carbocycles. The van der Waals surface area contributed by atoms with Crippen LogP contribution in [0.2, 0.25) is 0 Å². The molecule has 2 amide bonds. The van der Waals surface area contributed by atoms with Crippen molar-refractivity contribution in [3.05, 3.63) is 84.6 Å². The van der Waals surface area contributed by atoms with Crippen LogP contribution in [-0.2, 0) is 6.18 Å². The van der Waals surface area contributed by atoms with E-state index in [1.54, 1.807) is 31.4 Å². The van der Waals surface area contributed by atoms with E-state index in [2.05, 4.69) is 10.4 Å². The minimum absolute atomic E-state index is 0.277. The number of anilines is 1. The number of urea groups is 1. The Bertz CT molecular complexity index is 1260. The van der Waals surface area contributed by atoms with Crippen molar-refractivity contribution in [1.29, 1.82) is 0 Å². The lowest BCUT2D eigenvalue weighted by Crippen LogP contribution is -2.19. The first kappa shape index (κ1) is 21.9. The number of methoxy groups -OCH3 is 1. The van der Waals surface area contributed by atoms with Crippen molar-refractivity contribution in [2.45, 2.75) is 6.18 Å². The predicted molar refractivity (Wildman–Crippen MR) is 119 cm³/mol. The van der Waals surface area contributed by atoms with Crippen LogP contribution in [0.1, 0.15) is 5.69 Å². The van der Waals surface area contributed by atoms with E-state index < -0.39 is 17.9 Å². The van der Waals surface area contributed by atoms with Gasteiger partial charge in [-0.3, -0.25) is 0 Å². The lowest BCUT2D eigenvalue weighted by Gasteiger charge is -2.10. The summed E-state index contributed by atoms with van der Waals surface area (Å²) in [5.74, 6) is 0.732. The highest BCUT2D eigenvalue weighted by Gasteiger charge is 2.35. The summed E-state index contributed by atoms with van der Waals surface area (Å²) in [5.41, 5.74) is 7.60. The van der Waals surface area contributed by atoms with E-state index in [0.29, 0.717) is 16.9 Å². The Hall–Kier alpha value is -4.27. The maximum Gasteiger partial charge on any atom is 0.435 e. The van der Waals surface area contributed by atoms with Crippen LogP contribution in [-0.4, -0.2) is 22.9 Å². The van der Waals surface area contributed by atoms with E-state index in [1.807, 2.05) is 36.4 Å². The average molecular weight is 452 g/mol. The summed E-state index contributed by atoms with van der Waals surface area (Å²) in [6, 6.07) is 21.1. The van der Waals surface area contributed by atoms with E-state index in [0.717, 1.165) is 22.9 Å². The molecule has 168 valence electrons. The number of aromatic nitrogens is 2. The van der Waals surface area contributed by atoms with Crippen molar-refractivity contribution < 1.29 is 22.7 Å². The third-order valence-electron chi connectivity index (χ3n) is 4.98. The van der Waals surface area contributed by atoms with Crippen LogP contribution in [0.4, 0.5) is 23.7 Å². The number of nitrogens with two attached hydrogens (primary N) is 1. The molecule has 0 spiro atoms. The molecule has 9 heteroatoms. The van der Waals surface area contributed by atoms with Crippen molar-refractivity contribution in [1.82, 2.24) is 9.78 Å². The number of benzene rings is 3. The van der Waals surface area contributed by atoms with Gasteiger partial charge in [0.05, 0.1) is 18.5 Å². The first-order chi connectivity index (χ1) is 15.7. The number of nitrogens with zero attached hydrogens (tertiary/aromatic N) is 2. The highest BCUT2D eigenvalue weighted by molar-refractivity contribution is 5.87. The Morgan fingerprint density at radius 2 is 1.45 bits per heavy atom. The fourth-order valence-electron chi connectivity index (χ4n) is 3.37. The lowest BCUT2D eigenvalue weighted by atomic mass is 10.0. The van der Waals surface area contributed by atoms with Crippen molar-refractivity contribution in [2.75, 3.05) is 12.4 Å². The summed E-state index contributed by atoms with van der Waals surface area (Å²) in [7, 11) is 1.59. The molecule has 0 aliphatic heterocycles. The molecule has 33 heavy (non-hydrogen) atoms. The van der Waals surface area contributed by atoms with Gasteiger partial charge in [0.1, 0.15) is 5.75 Å². The molecular weight excluding hydrogens is 433 g/mol. The molecule has 0 atom stereocenters. The van der Waals surface area contributed by atoms with Crippen molar-refractivity contribution in [3.63, 3.8) is 0 Å². The van der Waals surface area contributed by atoms with Crippen LogP contribution >= 0.6 is 0 Å². The molecule has 0 aliphatic carbocycles. The Kier molecular flexibility index (Phi) is 5.78. The number of primary amides is 1. The van der Waals surface area contributed by atoms with Crippen LogP contribution in [0.25, 0.3) is 28.1 Å². The summed E-state index contributed by atoms with van der Waals surface area (Å²) >= 11 is 0. The second-order valence-corrected chi connectivity index (χ2v) is 7.17. The number of hydrogen-bond acceptors (Lipinski definition) is 3. The molecule has 0 fully saturated rings. The number of hydrogen-bond donors (Lipinski definition) is 2. The quantitative estimate of drug-likeness (QED) is 0.406. The van der Waals surface area contributed by atoms with E-state index in [1.165, 1.54) is 16.8 Å². The summed E-state index contributed by atoms with van der Waals surface area (Å²) in [4.78, 5) is 11.0. The van der Waals surface area contributed by atoms with Gasteiger partial charge in [0.15, 0.2) is 5.69 Å². The SMILES string of the molecule is COc1ccc(-c2ccc(-c3cc(C(F)(F)F)nn3-c3ccc(NC(N)=O)cc3)cc2)cc1. The summed E-state index contributed by atoms with van der Waals surface area (Å²) in [6.45, 7) is 0. The fraction of sp³-hybridized carbons (Fsp3) is 0.0833. The second kappa shape index (κ2) is 8.70. The van der Waals surface area contributed by atoms with E-state index in [9.17, 15) is 18.0 Å². The Morgan fingerprint density at radius 1 is 0.909 bits per heavy atom. The van der Waals surface area contributed by atoms with Gasteiger partial charge in [-0.15, -0.1) is 0 Å². The second-order valence-electron chi connectivity index (χ2n) is 7.17. The molecule has 0 aliphatic rings. The number of rotatable bonds is 5. The maximum atomic E-state index is 13.4. The molecule has 3 aromatic carbocycles. The monoisotopic (exact) mass is 452 g/mol. The number of carbonyl (C=O) groups excluding carboxylic acids is 1. The van der Waals surface area contributed by atoms with Crippen LogP contribution in [0.3, 0.4) is 0 Å². The van der Waals surface area contributed by atoms with Gasteiger partial charge >= 0.3 is 12.2 Å². The average Bonchev–Trinajstić information content (AvgIpc) is 3.26. The molecule has 0 saturated heterocycles. The zero-order valence-electron chi connectivity index (χ0n) is 17.4. The Morgan fingerprint density at radius 3 is 1.97 bits per heavy atom. The van der Waals surface area contributed by atoms with Crippen LogP contribution in [0.15, 0.2) is 78.9 Å². The molecular formula is C24H19F3N4O2.